The number of nitrogens with two attached hydrogens (primary N) is 1. The molecule has 0 saturated carbocycles. The van der Waals surface area contributed by atoms with Gasteiger partial charge in [0.1, 0.15) is 0 Å². The third-order valence-corrected chi connectivity index (χ3v) is 4.82. The lowest BCUT2D eigenvalue weighted by molar-refractivity contribution is -0.117. The summed E-state index contributed by atoms with van der Waals surface area (Å²) in [5.74, 6) is -1.14. The number of carbonyl (C=O) groups excluding carboxylic acids is 2. The Balaban J connectivity index is 2.12. The number of rotatable bonds is 5. The van der Waals surface area contributed by atoms with Crippen LogP contribution in [-0.4, -0.2) is 25.7 Å². The number of halogens is 3. The van der Waals surface area contributed by atoms with Crippen LogP contribution in [0.4, 0.5) is 18.9 Å². The first-order valence-electron chi connectivity index (χ1n) is 7.11. The largest absolute Gasteiger partial charge is 0.501 e. The highest BCUT2D eigenvalue weighted by molar-refractivity contribution is 7.92. The zero-order valence-electron chi connectivity index (χ0n) is 13.1. The average molecular weight is 386 g/mol. The fourth-order valence-electron chi connectivity index (χ4n) is 2.03. The van der Waals surface area contributed by atoms with Crippen molar-refractivity contribution in [2.45, 2.75) is 16.8 Å². The number of hydrogen-bond acceptors (Lipinski definition) is 4. The van der Waals surface area contributed by atoms with Crippen LogP contribution >= 0.6 is 0 Å². The number of nitrogens with one attached hydrogen (secondary N) is 1. The van der Waals surface area contributed by atoms with Crippen molar-refractivity contribution < 1.29 is 31.2 Å². The molecular weight excluding hydrogens is 373 g/mol. The molecule has 2 aromatic rings. The summed E-state index contributed by atoms with van der Waals surface area (Å²) in [6.07, 6.45) is 0.0450. The lowest BCUT2D eigenvalue weighted by atomic mass is 10.1. The lowest BCUT2D eigenvalue weighted by Gasteiger charge is -2.09. The Hall–Kier alpha value is -2.88. The molecule has 0 aliphatic carbocycles. The molecule has 138 valence electrons. The van der Waals surface area contributed by atoms with Gasteiger partial charge in [-0.3, -0.25) is 9.59 Å². The Bertz CT molecular complexity index is 921. The minimum Gasteiger partial charge on any atom is -0.369 e. The Morgan fingerprint density at radius 2 is 1.50 bits per heavy atom. The van der Waals surface area contributed by atoms with E-state index in [0.29, 0.717) is 23.4 Å². The van der Waals surface area contributed by atoms with E-state index in [0.717, 1.165) is 12.1 Å². The molecule has 26 heavy (non-hydrogen) atoms. The van der Waals surface area contributed by atoms with Gasteiger partial charge in [-0.1, -0.05) is 12.1 Å². The maximum Gasteiger partial charge on any atom is 0.501 e. The van der Waals surface area contributed by atoms with Crippen LogP contribution in [0.15, 0.2) is 53.4 Å². The molecule has 0 aliphatic heterocycles. The van der Waals surface area contributed by atoms with Crippen LogP contribution in [-0.2, 0) is 21.1 Å². The van der Waals surface area contributed by atoms with Gasteiger partial charge in [0.05, 0.1) is 11.3 Å². The van der Waals surface area contributed by atoms with Gasteiger partial charge in [-0.15, -0.1) is 0 Å². The average Bonchev–Trinajstić information content (AvgIpc) is 2.55. The van der Waals surface area contributed by atoms with Crippen LogP contribution in [0.2, 0.25) is 0 Å². The Morgan fingerprint density at radius 3 is 1.96 bits per heavy atom. The van der Waals surface area contributed by atoms with Crippen molar-refractivity contribution in [1.82, 2.24) is 0 Å². The highest BCUT2D eigenvalue weighted by atomic mass is 32.2. The molecule has 0 saturated heterocycles. The number of anilines is 1. The maximum absolute atomic E-state index is 12.5. The van der Waals surface area contributed by atoms with E-state index >= 15 is 0 Å². The number of primary amides is 1. The molecule has 2 aromatic carbocycles. The highest BCUT2D eigenvalue weighted by Crippen LogP contribution is 2.30. The Morgan fingerprint density at radius 1 is 0.962 bits per heavy atom. The van der Waals surface area contributed by atoms with Gasteiger partial charge in [-0.05, 0) is 42.0 Å². The van der Waals surface area contributed by atoms with Gasteiger partial charge in [0.25, 0.3) is 15.7 Å². The highest BCUT2D eigenvalue weighted by Gasteiger charge is 2.46. The van der Waals surface area contributed by atoms with Crippen molar-refractivity contribution in [2.75, 3.05) is 5.32 Å². The summed E-state index contributed by atoms with van der Waals surface area (Å²) in [7, 11) is -5.46. The quantitative estimate of drug-likeness (QED) is 0.822. The van der Waals surface area contributed by atoms with Crippen LogP contribution in [0.1, 0.15) is 15.9 Å². The number of sulfone groups is 1. The van der Waals surface area contributed by atoms with Gasteiger partial charge >= 0.3 is 5.51 Å². The van der Waals surface area contributed by atoms with Crippen molar-refractivity contribution in [3.05, 3.63) is 59.7 Å². The second-order valence-electron chi connectivity index (χ2n) is 5.27. The number of amides is 2. The first kappa shape index (κ1) is 19.4. The van der Waals surface area contributed by atoms with Gasteiger partial charge in [0, 0.05) is 11.3 Å². The fourth-order valence-corrected chi connectivity index (χ4v) is 2.79. The van der Waals surface area contributed by atoms with E-state index in [2.05, 4.69) is 5.32 Å². The summed E-state index contributed by atoms with van der Waals surface area (Å²) in [6, 6.07) is 9.61. The van der Waals surface area contributed by atoms with Crippen molar-refractivity contribution in [2.24, 2.45) is 5.73 Å². The standard InChI is InChI=1S/C16H13F3N2O4S/c17-16(18,19)26(24,25)13-7-3-11(4-8-13)15(23)21-12-5-1-10(2-6-12)9-14(20)22/h1-8H,9H2,(H2,20,22)(H,21,23). The summed E-state index contributed by atoms with van der Waals surface area (Å²) in [6.45, 7) is 0. The lowest BCUT2D eigenvalue weighted by Crippen LogP contribution is -2.23. The van der Waals surface area contributed by atoms with E-state index in [-0.39, 0.29) is 12.0 Å². The van der Waals surface area contributed by atoms with E-state index in [1.54, 1.807) is 12.1 Å². The Kier molecular flexibility index (Phi) is 5.36. The maximum atomic E-state index is 12.5. The SMILES string of the molecule is NC(=O)Cc1ccc(NC(=O)c2ccc(S(=O)(=O)C(F)(F)F)cc2)cc1. The second-order valence-corrected chi connectivity index (χ2v) is 7.21. The van der Waals surface area contributed by atoms with Crippen LogP contribution in [0.3, 0.4) is 0 Å². The number of alkyl halides is 3. The Labute approximate surface area is 146 Å². The van der Waals surface area contributed by atoms with Gasteiger partial charge in [0.2, 0.25) is 5.91 Å². The fraction of sp³-hybridized carbons (Fsp3) is 0.125. The van der Waals surface area contributed by atoms with E-state index in [4.69, 9.17) is 5.73 Å². The monoisotopic (exact) mass is 386 g/mol. The molecule has 2 amide bonds. The first-order chi connectivity index (χ1) is 12.0. The summed E-state index contributed by atoms with van der Waals surface area (Å²) in [5.41, 5.74) is 0.667. The summed E-state index contributed by atoms with van der Waals surface area (Å²) in [4.78, 5) is 21.9. The van der Waals surface area contributed by atoms with Crippen LogP contribution in [0, 0.1) is 0 Å². The minimum absolute atomic E-state index is 0.0210. The zero-order valence-corrected chi connectivity index (χ0v) is 13.9. The second kappa shape index (κ2) is 7.16. The molecular formula is C16H13F3N2O4S. The van der Waals surface area contributed by atoms with E-state index in [1.807, 2.05) is 0 Å². The molecule has 0 aliphatic rings. The molecule has 2 rings (SSSR count). The van der Waals surface area contributed by atoms with E-state index in [9.17, 15) is 31.2 Å². The normalized spacial score (nSPS) is 11.8. The predicted octanol–water partition coefficient (Wildman–Crippen LogP) is 2.26. The van der Waals surface area contributed by atoms with Gasteiger partial charge in [-0.25, -0.2) is 8.42 Å². The summed E-state index contributed by atoms with van der Waals surface area (Å²) < 4.78 is 60.0. The predicted molar refractivity (Wildman–Crippen MR) is 87.0 cm³/mol. The molecule has 0 spiro atoms. The summed E-state index contributed by atoms with van der Waals surface area (Å²) in [5, 5.41) is 2.50. The molecule has 0 aromatic heterocycles. The van der Waals surface area contributed by atoms with E-state index in [1.165, 1.54) is 12.1 Å². The number of carbonyl (C=O) groups is 2. The first-order valence-corrected chi connectivity index (χ1v) is 8.59. The van der Waals surface area contributed by atoms with Crippen molar-refractivity contribution in [1.29, 1.82) is 0 Å². The molecule has 0 fully saturated rings. The van der Waals surface area contributed by atoms with Crippen LogP contribution < -0.4 is 11.1 Å². The molecule has 0 atom stereocenters. The molecule has 3 N–H and O–H groups in total. The third kappa shape index (κ3) is 4.39. The molecule has 10 heteroatoms. The van der Waals surface area contributed by atoms with Crippen LogP contribution in [0.5, 0.6) is 0 Å². The topological polar surface area (TPSA) is 106 Å². The van der Waals surface area contributed by atoms with Crippen LogP contribution in [0.25, 0.3) is 0 Å². The zero-order chi connectivity index (χ0) is 19.5. The molecule has 0 bridgehead atoms. The van der Waals surface area contributed by atoms with Crippen molar-refractivity contribution in [3.63, 3.8) is 0 Å². The summed E-state index contributed by atoms with van der Waals surface area (Å²) >= 11 is 0. The smallest absolute Gasteiger partial charge is 0.369 e. The van der Waals surface area contributed by atoms with Gasteiger partial charge in [-0.2, -0.15) is 13.2 Å². The third-order valence-electron chi connectivity index (χ3n) is 3.32. The van der Waals surface area contributed by atoms with Gasteiger partial charge < -0.3 is 11.1 Å². The number of hydrogen-bond donors (Lipinski definition) is 2. The van der Waals surface area contributed by atoms with Gasteiger partial charge in [0.15, 0.2) is 0 Å². The van der Waals surface area contributed by atoms with Crippen molar-refractivity contribution >= 4 is 27.3 Å². The molecule has 0 radical (unpaired) electrons. The van der Waals surface area contributed by atoms with Crippen molar-refractivity contribution in [3.8, 4) is 0 Å². The van der Waals surface area contributed by atoms with E-state index < -0.39 is 32.1 Å². The molecule has 0 heterocycles. The number of benzene rings is 2. The minimum atomic E-state index is -5.46. The molecule has 0 unspecified atom stereocenters. The molecule has 6 nitrogen and oxygen atoms in total.